The Morgan fingerprint density at radius 2 is 1.95 bits per heavy atom. The first-order valence-corrected chi connectivity index (χ1v) is 6.60. The number of carboxylic acid groups (broad SMARTS) is 2. The second-order valence-corrected chi connectivity index (χ2v) is 4.80. The average molecular weight is 279 g/mol. The lowest BCUT2D eigenvalue weighted by Crippen LogP contribution is -2.37. The predicted octanol–water partition coefficient (Wildman–Crippen LogP) is 1.04. The molecule has 0 spiro atoms. The summed E-state index contributed by atoms with van der Waals surface area (Å²) in [7, 11) is 0. The molecule has 0 atom stereocenters. The number of carbonyl (C=O) groups is 2. The van der Waals surface area contributed by atoms with Crippen LogP contribution in [-0.2, 0) is 11.2 Å². The average Bonchev–Trinajstić information content (AvgIpc) is 2.46. The van der Waals surface area contributed by atoms with Gasteiger partial charge in [-0.1, -0.05) is 6.92 Å². The molecule has 1 aliphatic heterocycles. The van der Waals surface area contributed by atoms with Crippen LogP contribution < -0.4 is 4.90 Å². The molecule has 2 rings (SSSR count). The zero-order valence-electron chi connectivity index (χ0n) is 11.2. The lowest BCUT2D eigenvalue weighted by atomic mass is 9.97. The van der Waals surface area contributed by atoms with E-state index >= 15 is 0 Å². The standard InChI is InChI=1S/C13H17N3O4/c1-2-9-7-10(12(19)20)15-13(14-9)16-5-3-8(4-6-16)11(17)18/h7-8H,2-6H2,1H3,(H,17,18)(H,19,20). The Bertz CT molecular complexity index is 524. The van der Waals surface area contributed by atoms with Gasteiger partial charge in [0.2, 0.25) is 5.95 Å². The van der Waals surface area contributed by atoms with E-state index in [-0.39, 0.29) is 11.6 Å². The number of nitrogens with zero attached hydrogens (tertiary/aromatic N) is 3. The number of aliphatic carboxylic acids is 1. The maximum Gasteiger partial charge on any atom is 0.354 e. The molecule has 7 nitrogen and oxygen atoms in total. The smallest absolute Gasteiger partial charge is 0.354 e. The van der Waals surface area contributed by atoms with Crippen molar-refractivity contribution >= 4 is 17.9 Å². The van der Waals surface area contributed by atoms with Crippen LogP contribution in [0.3, 0.4) is 0 Å². The van der Waals surface area contributed by atoms with Gasteiger partial charge >= 0.3 is 11.9 Å². The molecule has 0 aromatic carbocycles. The first-order valence-electron chi connectivity index (χ1n) is 6.60. The molecule has 108 valence electrons. The van der Waals surface area contributed by atoms with Gasteiger partial charge in [-0.3, -0.25) is 4.79 Å². The molecule has 7 heteroatoms. The number of aromatic carboxylic acids is 1. The van der Waals surface area contributed by atoms with Crippen LogP contribution in [0, 0.1) is 5.92 Å². The third-order valence-corrected chi connectivity index (χ3v) is 3.48. The van der Waals surface area contributed by atoms with Gasteiger partial charge in [-0.15, -0.1) is 0 Å². The minimum Gasteiger partial charge on any atom is -0.481 e. The van der Waals surface area contributed by atoms with Crippen molar-refractivity contribution in [2.45, 2.75) is 26.2 Å². The van der Waals surface area contributed by atoms with Crippen LogP contribution in [0.5, 0.6) is 0 Å². The first-order chi connectivity index (χ1) is 9.51. The van der Waals surface area contributed by atoms with Crippen molar-refractivity contribution in [3.05, 3.63) is 17.5 Å². The highest BCUT2D eigenvalue weighted by Gasteiger charge is 2.26. The van der Waals surface area contributed by atoms with Gasteiger partial charge in [0, 0.05) is 18.8 Å². The summed E-state index contributed by atoms with van der Waals surface area (Å²) in [6.07, 6.45) is 1.68. The minimum atomic E-state index is -1.08. The van der Waals surface area contributed by atoms with E-state index in [4.69, 9.17) is 10.2 Å². The molecular weight excluding hydrogens is 262 g/mol. The van der Waals surface area contributed by atoms with E-state index in [1.807, 2.05) is 11.8 Å². The van der Waals surface area contributed by atoms with Gasteiger partial charge < -0.3 is 15.1 Å². The van der Waals surface area contributed by atoms with Crippen LogP contribution in [0.25, 0.3) is 0 Å². The quantitative estimate of drug-likeness (QED) is 0.848. The Labute approximate surface area is 116 Å². The topological polar surface area (TPSA) is 104 Å². The normalized spacial score (nSPS) is 16.1. The molecule has 20 heavy (non-hydrogen) atoms. The van der Waals surface area contributed by atoms with Crippen molar-refractivity contribution in [3.63, 3.8) is 0 Å². The van der Waals surface area contributed by atoms with E-state index in [9.17, 15) is 9.59 Å². The molecule has 0 bridgehead atoms. The van der Waals surface area contributed by atoms with Gasteiger partial charge in [-0.2, -0.15) is 0 Å². The number of carboxylic acids is 2. The molecule has 1 saturated heterocycles. The fraction of sp³-hybridized carbons (Fsp3) is 0.538. The summed E-state index contributed by atoms with van der Waals surface area (Å²) in [5.74, 6) is -1.81. The molecule has 1 aromatic heterocycles. The molecule has 2 heterocycles. The molecular formula is C13H17N3O4. The lowest BCUT2D eigenvalue weighted by Gasteiger charge is -2.30. The van der Waals surface area contributed by atoms with E-state index in [0.717, 1.165) is 0 Å². The van der Waals surface area contributed by atoms with Crippen LogP contribution in [0.4, 0.5) is 5.95 Å². The fourth-order valence-corrected chi connectivity index (χ4v) is 2.24. The van der Waals surface area contributed by atoms with Gasteiger partial charge in [0.15, 0.2) is 5.69 Å². The summed E-state index contributed by atoms with van der Waals surface area (Å²) in [6.45, 7) is 2.96. The summed E-state index contributed by atoms with van der Waals surface area (Å²) in [4.78, 5) is 32.2. The Hall–Kier alpha value is -2.18. The summed E-state index contributed by atoms with van der Waals surface area (Å²) < 4.78 is 0. The third kappa shape index (κ3) is 3.04. The molecule has 0 unspecified atom stereocenters. The van der Waals surface area contributed by atoms with Crippen LogP contribution in [-0.4, -0.2) is 45.2 Å². The second kappa shape index (κ2) is 5.85. The highest BCUT2D eigenvalue weighted by molar-refractivity contribution is 5.85. The lowest BCUT2D eigenvalue weighted by molar-refractivity contribution is -0.142. The molecule has 0 saturated carbocycles. The summed E-state index contributed by atoms with van der Waals surface area (Å²) in [5.41, 5.74) is 0.653. The first kappa shape index (κ1) is 14.2. The van der Waals surface area contributed by atoms with Crippen molar-refractivity contribution < 1.29 is 19.8 Å². The van der Waals surface area contributed by atoms with Crippen LogP contribution in [0.2, 0.25) is 0 Å². The van der Waals surface area contributed by atoms with Crippen molar-refractivity contribution in [2.24, 2.45) is 5.92 Å². The van der Waals surface area contributed by atoms with Gasteiger partial charge in [0.1, 0.15) is 0 Å². The van der Waals surface area contributed by atoms with Gasteiger partial charge in [0.05, 0.1) is 5.92 Å². The number of hydrogen-bond donors (Lipinski definition) is 2. The number of aryl methyl sites for hydroxylation is 1. The van der Waals surface area contributed by atoms with Crippen molar-refractivity contribution in [1.82, 2.24) is 9.97 Å². The summed E-state index contributed by atoms with van der Waals surface area (Å²) in [6, 6.07) is 1.47. The molecule has 1 aromatic rings. The number of rotatable bonds is 4. The molecule has 0 aliphatic carbocycles. The van der Waals surface area contributed by atoms with Crippen LogP contribution in [0.15, 0.2) is 6.07 Å². The van der Waals surface area contributed by atoms with E-state index in [0.29, 0.717) is 44.0 Å². The number of anilines is 1. The predicted molar refractivity (Wildman–Crippen MR) is 70.9 cm³/mol. The number of hydrogen-bond acceptors (Lipinski definition) is 5. The zero-order valence-corrected chi connectivity index (χ0v) is 11.2. The maximum atomic E-state index is 11.1. The van der Waals surface area contributed by atoms with Crippen molar-refractivity contribution in [2.75, 3.05) is 18.0 Å². The van der Waals surface area contributed by atoms with E-state index < -0.39 is 11.9 Å². The third-order valence-electron chi connectivity index (χ3n) is 3.48. The number of aromatic nitrogens is 2. The summed E-state index contributed by atoms with van der Waals surface area (Å²) >= 11 is 0. The zero-order chi connectivity index (χ0) is 14.7. The SMILES string of the molecule is CCc1cc(C(=O)O)nc(N2CCC(C(=O)O)CC2)n1. The van der Waals surface area contributed by atoms with Gasteiger partial charge in [-0.25, -0.2) is 14.8 Å². The van der Waals surface area contributed by atoms with Crippen molar-refractivity contribution in [1.29, 1.82) is 0 Å². The van der Waals surface area contributed by atoms with Gasteiger partial charge in [0.25, 0.3) is 0 Å². The highest BCUT2D eigenvalue weighted by Crippen LogP contribution is 2.21. The Kier molecular flexibility index (Phi) is 4.16. The van der Waals surface area contributed by atoms with Crippen LogP contribution >= 0.6 is 0 Å². The second-order valence-electron chi connectivity index (χ2n) is 4.80. The molecule has 0 radical (unpaired) electrons. The van der Waals surface area contributed by atoms with Crippen LogP contribution in [0.1, 0.15) is 35.9 Å². The molecule has 2 N–H and O–H groups in total. The van der Waals surface area contributed by atoms with Crippen molar-refractivity contribution in [3.8, 4) is 0 Å². The van der Waals surface area contributed by atoms with Gasteiger partial charge in [-0.05, 0) is 25.3 Å². The van der Waals surface area contributed by atoms with E-state index in [1.165, 1.54) is 6.07 Å². The Morgan fingerprint density at radius 1 is 1.30 bits per heavy atom. The summed E-state index contributed by atoms with van der Waals surface area (Å²) in [5, 5.41) is 18.0. The Balaban J connectivity index is 2.19. The minimum absolute atomic E-state index is 0.0211. The fourth-order valence-electron chi connectivity index (χ4n) is 2.24. The maximum absolute atomic E-state index is 11.1. The molecule has 1 aliphatic rings. The van der Waals surface area contributed by atoms with E-state index in [2.05, 4.69) is 9.97 Å². The number of piperidine rings is 1. The highest BCUT2D eigenvalue weighted by atomic mass is 16.4. The monoisotopic (exact) mass is 279 g/mol. The molecule has 0 amide bonds. The largest absolute Gasteiger partial charge is 0.481 e. The van der Waals surface area contributed by atoms with E-state index in [1.54, 1.807) is 0 Å². The molecule has 1 fully saturated rings. The Morgan fingerprint density at radius 3 is 2.45 bits per heavy atom.